The van der Waals surface area contributed by atoms with E-state index in [4.69, 9.17) is 14.5 Å². The van der Waals surface area contributed by atoms with E-state index in [-0.39, 0.29) is 12.3 Å². The molecule has 7 heteroatoms. The van der Waals surface area contributed by atoms with Gasteiger partial charge in [-0.3, -0.25) is 4.79 Å². The van der Waals surface area contributed by atoms with Crippen molar-refractivity contribution in [3.8, 4) is 5.75 Å². The monoisotopic (exact) mass is 495 g/mol. The highest BCUT2D eigenvalue weighted by atomic mass is 16.5. The minimum atomic E-state index is -0.770. The number of aliphatic carboxylic acids is 1. The maximum absolute atomic E-state index is 11.7. The summed E-state index contributed by atoms with van der Waals surface area (Å²) >= 11 is 0. The van der Waals surface area contributed by atoms with Crippen LogP contribution in [0.1, 0.15) is 62.3 Å². The van der Waals surface area contributed by atoms with Crippen molar-refractivity contribution < 1.29 is 19.4 Å². The zero-order valence-electron chi connectivity index (χ0n) is 22.0. The van der Waals surface area contributed by atoms with E-state index < -0.39 is 11.6 Å². The van der Waals surface area contributed by atoms with Crippen LogP contribution in [0.2, 0.25) is 0 Å². The fraction of sp³-hybridized carbons (Fsp3) is 0.586. The number of rotatable bonds is 12. The Morgan fingerprint density at radius 1 is 1.31 bits per heavy atom. The summed E-state index contributed by atoms with van der Waals surface area (Å²) in [6.07, 6.45) is 5.66. The Hall–Kier alpha value is -2.64. The van der Waals surface area contributed by atoms with E-state index in [0.29, 0.717) is 12.5 Å². The molecule has 0 amide bonds. The number of hydrogen-bond acceptors (Lipinski definition) is 6. The minimum Gasteiger partial charge on any atom is -0.485 e. The quantitative estimate of drug-likeness (QED) is 0.439. The van der Waals surface area contributed by atoms with Crippen molar-refractivity contribution in [2.75, 3.05) is 45.2 Å². The number of carboxylic acid groups (broad SMARTS) is 1. The second-order valence-corrected chi connectivity index (χ2v) is 11.0. The van der Waals surface area contributed by atoms with E-state index in [1.807, 2.05) is 38.1 Å². The van der Waals surface area contributed by atoms with Crippen LogP contribution >= 0.6 is 0 Å². The SMILES string of the molecule is COCC(C)(C)Oc1cccc([C@H](CC(=O)O)CN2CC[C@@H](CCc3ccc4c(n3)NCCC4)C2)c1. The topological polar surface area (TPSA) is 83.9 Å². The van der Waals surface area contributed by atoms with Crippen LogP contribution in [0.15, 0.2) is 36.4 Å². The molecule has 0 aliphatic carbocycles. The van der Waals surface area contributed by atoms with Crippen molar-refractivity contribution in [1.82, 2.24) is 9.88 Å². The predicted molar refractivity (Wildman–Crippen MR) is 142 cm³/mol. The van der Waals surface area contributed by atoms with Crippen molar-refractivity contribution in [1.29, 1.82) is 0 Å². The number of carbonyl (C=O) groups is 1. The summed E-state index contributed by atoms with van der Waals surface area (Å²) in [5.74, 6) is 1.58. The summed E-state index contributed by atoms with van der Waals surface area (Å²) in [6.45, 7) is 8.22. The molecule has 1 aromatic heterocycles. The molecular weight excluding hydrogens is 454 g/mol. The number of methoxy groups -OCH3 is 1. The Morgan fingerprint density at radius 3 is 2.97 bits per heavy atom. The molecule has 0 spiro atoms. The molecule has 2 aliphatic heterocycles. The van der Waals surface area contributed by atoms with Gasteiger partial charge in [0.25, 0.3) is 0 Å². The summed E-state index contributed by atoms with van der Waals surface area (Å²) < 4.78 is 11.4. The minimum absolute atomic E-state index is 0.0799. The lowest BCUT2D eigenvalue weighted by molar-refractivity contribution is -0.137. The van der Waals surface area contributed by atoms with Gasteiger partial charge >= 0.3 is 5.97 Å². The van der Waals surface area contributed by atoms with Crippen LogP contribution in [-0.2, 0) is 22.4 Å². The fourth-order valence-electron chi connectivity index (χ4n) is 5.51. The van der Waals surface area contributed by atoms with Crippen LogP contribution in [0, 0.1) is 5.92 Å². The molecule has 1 aromatic carbocycles. The molecule has 2 aliphatic rings. The molecule has 0 unspecified atom stereocenters. The summed E-state index contributed by atoms with van der Waals surface area (Å²) in [6, 6.07) is 12.3. The van der Waals surface area contributed by atoms with Gasteiger partial charge in [-0.2, -0.15) is 0 Å². The Balaban J connectivity index is 1.34. The smallest absolute Gasteiger partial charge is 0.304 e. The summed E-state index contributed by atoms with van der Waals surface area (Å²) in [5.41, 5.74) is 3.05. The van der Waals surface area contributed by atoms with Gasteiger partial charge < -0.3 is 24.8 Å². The van der Waals surface area contributed by atoms with Crippen LogP contribution in [0.25, 0.3) is 0 Å². The highest BCUT2D eigenvalue weighted by Gasteiger charge is 2.27. The van der Waals surface area contributed by atoms with Crippen molar-refractivity contribution >= 4 is 11.8 Å². The number of anilines is 1. The van der Waals surface area contributed by atoms with Gasteiger partial charge in [-0.05, 0) is 87.7 Å². The number of nitrogens with zero attached hydrogens (tertiary/aromatic N) is 2. The van der Waals surface area contributed by atoms with E-state index in [2.05, 4.69) is 22.3 Å². The Labute approximate surface area is 215 Å². The Kier molecular flexibility index (Phi) is 8.86. The van der Waals surface area contributed by atoms with Gasteiger partial charge in [-0.25, -0.2) is 4.98 Å². The van der Waals surface area contributed by atoms with Crippen LogP contribution in [0.3, 0.4) is 0 Å². The molecule has 2 atom stereocenters. The van der Waals surface area contributed by atoms with Crippen LogP contribution in [-0.4, -0.2) is 66.5 Å². The number of fused-ring (bicyclic) bond motifs is 1. The molecule has 2 aromatic rings. The van der Waals surface area contributed by atoms with E-state index in [1.54, 1.807) is 7.11 Å². The number of aryl methyl sites for hydroxylation is 2. The van der Waals surface area contributed by atoms with Crippen LogP contribution in [0.5, 0.6) is 5.75 Å². The first kappa shape index (κ1) is 26.4. The lowest BCUT2D eigenvalue weighted by Crippen LogP contribution is -2.33. The molecule has 196 valence electrons. The maximum atomic E-state index is 11.7. The number of pyridine rings is 1. The second-order valence-electron chi connectivity index (χ2n) is 11.0. The summed E-state index contributed by atoms with van der Waals surface area (Å²) in [4.78, 5) is 19.0. The average Bonchev–Trinajstić information content (AvgIpc) is 3.29. The zero-order valence-corrected chi connectivity index (χ0v) is 22.0. The molecule has 3 heterocycles. The molecule has 7 nitrogen and oxygen atoms in total. The first-order chi connectivity index (χ1) is 17.3. The van der Waals surface area contributed by atoms with Gasteiger partial charge in [-0.1, -0.05) is 18.2 Å². The second kappa shape index (κ2) is 12.1. The highest BCUT2D eigenvalue weighted by molar-refractivity contribution is 5.68. The highest BCUT2D eigenvalue weighted by Crippen LogP contribution is 2.30. The van der Waals surface area contributed by atoms with E-state index in [9.17, 15) is 9.90 Å². The van der Waals surface area contributed by atoms with Crippen molar-refractivity contribution in [3.05, 3.63) is 53.2 Å². The van der Waals surface area contributed by atoms with Crippen molar-refractivity contribution in [3.63, 3.8) is 0 Å². The molecule has 0 saturated carbocycles. The number of nitrogens with one attached hydrogen (secondary N) is 1. The average molecular weight is 496 g/mol. The molecular formula is C29H41N3O4. The third kappa shape index (κ3) is 7.43. The molecule has 1 fully saturated rings. The summed E-state index contributed by atoms with van der Waals surface area (Å²) in [7, 11) is 1.66. The molecule has 4 rings (SSSR count). The number of benzene rings is 1. The molecule has 1 saturated heterocycles. The van der Waals surface area contributed by atoms with Gasteiger partial charge in [0.05, 0.1) is 13.0 Å². The number of ether oxygens (including phenoxy) is 2. The number of hydrogen-bond donors (Lipinski definition) is 2. The largest absolute Gasteiger partial charge is 0.485 e. The Morgan fingerprint density at radius 2 is 2.17 bits per heavy atom. The number of carboxylic acids is 1. The Bertz CT molecular complexity index is 1030. The summed E-state index contributed by atoms with van der Waals surface area (Å²) in [5, 5.41) is 13.0. The fourth-order valence-corrected chi connectivity index (χ4v) is 5.51. The third-order valence-electron chi connectivity index (χ3n) is 7.25. The van der Waals surface area contributed by atoms with Gasteiger partial charge in [0.1, 0.15) is 17.2 Å². The number of aromatic nitrogens is 1. The standard InChI is InChI=1S/C29H41N3O4/c1-29(2,20-35-3)36-26-8-4-6-23(16-26)24(17-27(33)34)19-32-15-13-21(18-32)9-11-25-12-10-22-7-5-14-30-28(22)31-25/h4,6,8,10,12,16,21,24H,5,7,9,11,13-15,17-20H2,1-3H3,(H,30,31)(H,33,34)/t21-,24-/m1/s1. The lowest BCUT2D eigenvalue weighted by atomic mass is 9.94. The predicted octanol–water partition coefficient (Wildman–Crippen LogP) is 4.76. The van der Waals surface area contributed by atoms with Gasteiger partial charge in [0.2, 0.25) is 0 Å². The van der Waals surface area contributed by atoms with Crippen LogP contribution in [0.4, 0.5) is 5.82 Å². The lowest BCUT2D eigenvalue weighted by Gasteiger charge is -2.27. The van der Waals surface area contributed by atoms with Crippen molar-refractivity contribution in [2.24, 2.45) is 5.92 Å². The van der Waals surface area contributed by atoms with E-state index >= 15 is 0 Å². The molecule has 0 radical (unpaired) electrons. The van der Waals surface area contributed by atoms with Gasteiger partial charge in [0.15, 0.2) is 0 Å². The van der Waals surface area contributed by atoms with Gasteiger partial charge in [0, 0.05) is 38.4 Å². The van der Waals surface area contributed by atoms with E-state index in [1.165, 1.54) is 17.7 Å². The first-order valence-corrected chi connectivity index (χ1v) is 13.3. The maximum Gasteiger partial charge on any atom is 0.304 e. The molecule has 0 bridgehead atoms. The first-order valence-electron chi connectivity index (χ1n) is 13.3. The van der Waals surface area contributed by atoms with E-state index in [0.717, 1.165) is 69.0 Å². The van der Waals surface area contributed by atoms with Gasteiger partial charge in [-0.15, -0.1) is 0 Å². The van der Waals surface area contributed by atoms with Crippen molar-refractivity contribution in [2.45, 2.75) is 63.9 Å². The normalized spacial score (nSPS) is 18.9. The zero-order chi connectivity index (χ0) is 25.5. The number of likely N-dealkylation sites (tertiary alicyclic amines) is 1. The molecule has 2 N–H and O–H groups in total. The van der Waals surface area contributed by atoms with Crippen LogP contribution < -0.4 is 10.1 Å². The molecule has 36 heavy (non-hydrogen) atoms. The third-order valence-corrected chi connectivity index (χ3v) is 7.25.